The molecule has 16 heavy (non-hydrogen) atoms. The van der Waals surface area contributed by atoms with Crippen LogP contribution in [-0.2, 0) is 10.5 Å². The van der Waals surface area contributed by atoms with E-state index in [1.54, 1.807) is 0 Å². The van der Waals surface area contributed by atoms with Crippen LogP contribution >= 0.6 is 23.4 Å². The van der Waals surface area contributed by atoms with Gasteiger partial charge in [0, 0.05) is 10.8 Å². The van der Waals surface area contributed by atoms with Crippen molar-refractivity contribution in [1.82, 2.24) is 0 Å². The van der Waals surface area contributed by atoms with Crippen LogP contribution in [0.4, 0.5) is 0 Å². The minimum Gasteiger partial charge on any atom is -0.542 e. The number of benzene rings is 1. The van der Waals surface area contributed by atoms with Gasteiger partial charge in [0.15, 0.2) is 0 Å². The number of halogens is 1. The Morgan fingerprint density at radius 2 is 2.12 bits per heavy atom. The molecule has 1 aliphatic heterocycles. The first-order chi connectivity index (χ1) is 7.24. The van der Waals surface area contributed by atoms with Crippen molar-refractivity contribution in [2.24, 2.45) is 5.92 Å². The van der Waals surface area contributed by atoms with Crippen LogP contribution in [0, 0.1) is 12.5 Å². The van der Waals surface area contributed by atoms with Gasteiger partial charge in [-0.1, -0.05) is 30.7 Å². The minimum atomic E-state index is 0. The molecule has 1 unspecified atom stereocenters. The first kappa shape index (κ1) is 15.9. The Bertz CT molecular complexity index is 317. The van der Waals surface area contributed by atoms with E-state index >= 15 is 0 Å². The molecular weight excluding hydrogens is 361 g/mol. The molecule has 4 heteroatoms. The fraction of sp³-hybridized carbons (Fsp3) is 0.417. The molecule has 1 aliphatic rings. The fourth-order valence-electron chi connectivity index (χ4n) is 1.51. The first-order valence-electron chi connectivity index (χ1n) is 5.09. The van der Waals surface area contributed by atoms with E-state index in [0.717, 1.165) is 17.2 Å². The zero-order valence-electron chi connectivity index (χ0n) is 9.65. The molecule has 1 heterocycles. The number of hydrogen-bond donors (Lipinski definition) is 0. The molecule has 1 saturated heterocycles. The van der Waals surface area contributed by atoms with Crippen LogP contribution in [0.25, 0.3) is 0 Å². The van der Waals surface area contributed by atoms with Gasteiger partial charge in [-0.25, -0.2) is 6.61 Å². The van der Waals surface area contributed by atoms with Gasteiger partial charge in [0.25, 0.3) is 0 Å². The smallest absolute Gasteiger partial charge is 0.542 e. The van der Waals surface area contributed by atoms with Crippen molar-refractivity contribution in [2.45, 2.75) is 24.5 Å². The number of rotatable bonds is 3. The predicted molar refractivity (Wildman–Crippen MR) is 65.7 cm³/mol. The first-order valence-corrected chi connectivity index (χ1v) is 6.51. The van der Waals surface area contributed by atoms with Crippen LogP contribution < -0.4 is 68.9 Å². The van der Waals surface area contributed by atoms with Crippen molar-refractivity contribution < 1.29 is 73.6 Å². The second-order valence-electron chi connectivity index (χ2n) is 3.85. The van der Waals surface area contributed by atoms with Gasteiger partial charge < -0.3 is 4.74 Å². The van der Waals surface area contributed by atoms with Crippen molar-refractivity contribution >= 4 is 23.4 Å². The Hall–Kier alpha value is 1.87. The molecule has 0 amide bonds. The van der Waals surface area contributed by atoms with Gasteiger partial charge in [0.1, 0.15) is 0 Å². The van der Waals surface area contributed by atoms with Crippen molar-refractivity contribution in [3.05, 3.63) is 41.5 Å². The van der Waals surface area contributed by atoms with Crippen LogP contribution in [0.1, 0.15) is 18.9 Å². The van der Waals surface area contributed by atoms with E-state index < -0.39 is 0 Å². The van der Waals surface area contributed by atoms with Crippen LogP contribution in [0.15, 0.2) is 24.3 Å². The van der Waals surface area contributed by atoms with Crippen LogP contribution in [0.2, 0.25) is 5.02 Å². The molecule has 2 atom stereocenters. The predicted octanol–water partition coefficient (Wildman–Crippen LogP) is 1.12. The van der Waals surface area contributed by atoms with E-state index in [0.29, 0.717) is 11.4 Å². The average Bonchev–Trinajstić information content (AvgIpc) is 2.64. The van der Waals surface area contributed by atoms with Crippen molar-refractivity contribution in [1.29, 1.82) is 0 Å². The molecule has 0 N–H and O–H groups in total. The number of ether oxygens (including phenoxy) is 1. The summed E-state index contributed by atoms with van der Waals surface area (Å²) in [4.78, 5) is 0. The standard InChI is InChI=1S/C12H14ClOS.Cs/c1-9-6-12(14-7-9)15-8-10-2-4-11(13)5-3-10;/h2-5,7,9,12H,6,8H2,1H3;/q-1;+1/t9-,12?;/m1./s1. The molecule has 0 aliphatic carbocycles. The van der Waals surface area contributed by atoms with Gasteiger partial charge in [0.2, 0.25) is 0 Å². The third kappa shape index (κ3) is 5.24. The van der Waals surface area contributed by atoms with Crippen molar-refractivity contribution in [3.8, 4) is 0 Å². The molecular formula is C12H14ClCsOS. The van der Waals surface area contributed by atoms with Crippen molar-refractivity contribution in [2.75, 3.05) is 0 Å². The van der Waals surface area contributed by atoms with Gasteiger partial charge in [0.05, 0.1) is 5.44 Å². The summed E-state index contributed by atoms with van der Waals surface area (Å²) in [7, 11) is 0. The second-order valence-corrected chi connectivity index (χ2v) is 5.44. The topological polar surface area (TPSA) is 9.23 Å². The summed E-state index contributed by atoms with van der Waals surface area (Å²) in [5.41, 5.74) is 1.63. The molecule has 82 valence electrons. The Morgan fingerprint density at radius 1 is 1.44 bits per heavy atom. The Kier molecular flexibility index (Phi) is 8.09. The third-order valence-corrected chi connectivity index (χ3v) is 3.80. The second kappa shape index (κ2) is 8.12. The van der Waals surface area contributed by atoms with Crippen LogP contribution in [-0.4, -0.2) is 5.44 Å². The SMILES string of the molecule is C[C@H]1[CH-]OC(SCc2ccc(Cl)cc2)C1.[Cs+]. The molecule has 0 saturated carbocycles. The molecule has 1 nitrogen and oxygen atoms in total. The normalized spacial score (nSPS) is 24.1. The van der Waals surface area contributed by atoms with Gasteiger partial charge in [-0.3, -0.25) is 0 Å². The summed E-state index contributed by atoms with van der Waals surface area (Å²) >= 11 is 7.67. The summed E-state index contributed by atoms with van der Waals surface area (Å²) in [6, 6.07) is 8.00. The summed E-state index contributed by atoms with van der Waals surface area (Å²) in [6.45, 7) is 4.13. The van der Waals surface area contributed by atoms with E-state index in [4.69, 9.17) is 16.3 Å². The zero-order chi connectivity index (χ0) is 10.7. The van der Waals surface area contributed by atoms with Gasteiger partial charge >= 0.3 is 68.9 Å². The molecule has 1 aromatic carbocycles. The van der Waals surface area contributed by atoms with E-state index in [9.17, 15) is 0 Å². The number of thioether (sulfide) groups is 1. The van der Waals surface area contributed by atoms with Crippen LogP contribution in [0.3, 0.4) is 0 Å². The maximum absolute atomic E-state index is 5.82. The summed E-state index contributed by atoms with van der Waals surface area (Å²) in [5.74, 6) is 1.58. The van der Waals surface area contributed by atoms with Crippen LogP contribution in [0.5, 0.6) is 0 Å². The quantitative estimate of drug-likeness (QED) is 0.734. The van der Waals surface area contributed by atoms with E-state index in [-0.39, 0.29) is 68.9 Å². The maximum atomic E-state index is 5.82. The molecule has 0 radical (unpaired) electrons. The van der Waals surface area contributed by atoms with E-state index in [1.165, 1.54) is 5.56 Å². The minimum absolute atomic E-state index is 0. The summed E-state index contributed by atoms with van der Waals surface area (Å²) in [5, 5.41) is 0.794. The molecule has 2 rings (SSSR count). The van der Waals surface area contributed by atoms with Gasteiger partial charge in [-0.2, -0.15) is 0 Å². The zero-order valence-corrected chi connectivity index (χ0v) is 17.5. The Morgan fingerprint density at radius 3 is 2.69 bits per heavy atom. The Labute approximate surface area is 165 Å². The molecule has 1 aromatic rings. The largest absolute Gasteiger partial charge is 1.00 e. The van der Waals surface area contributed by atoms with Crippen molar-refractivity contribution in [3.63, 3.8) is 0 Å². The van der Waals surface area contributed by atoms with E-state index in [2.05, 4.69) is 19.1 Å². The van der Waals surface area contributed by atoms with E-state index in [1.807, 2.05) is 30.5 Å². The fourth-order valence-corrected chi connectivity index (χ4v) is 2.79. The summed E-state index contributed by atoms with van der Waals surface area (Å²) < 4.78 is 5.52. The third-order valence-electron chi connectivity index (χ3n) is 2.38. The van der Waals surface area contributed by atoms with Gasteiger partial charge in [-0.15, -0.1) is 17.7 Å². The number of hydrogen-bond acceptors (Lipinski definition) is 2. The maximum Gasteiger partial charge on any atom is 1.00 e. The molecule has 0 spiro atoms. The molecule has 1 fully saturated rings. The Balaban J connectivity index is 0.00000128. The average molecular weight is 375 g/mol. The summed E-state index contributed by atoms with van der Waals surface area (Å²) in [6.07, 6.45) is 1.12. The van der Waals surface area contributed by atoms with Gasteiger partial charge in [-0.05, 0) is 24.1 Å². The monoisotopic (exact) mass is 374 g/mol. The molecule has 0 bridgehead atoms. The molecule has 0 aromatic heterocycles.